The van der Waals surface area contributed by atoms with Crippen LogP contribution in [0.4, 0.5) is 5.88 Å². The van der Waals surface area contributed by atoms with Crippen LogP contribution in [0.25, 0.3) is 22.6 Å². The van der Waals surface area contributed by atoms with Crippen molar-refractivity contribution in [3.05, 3.63) is 36.7 Å². The number of anilines is 1. The van der Waals surface area contributed by atoms with E-state index < -0.39 is 0 Å². The molecule has 0 bridgehead atoms. The predicted octanol–water partition coefficient (Wildman–Crippen LogP) is 2.33. The summed E-state index contributed by atoms with van der Waals surface area (Å²) in [5, 5.41) is 4.02. The van der Waals surface area contributed by atoms with Crippen LogP contribution < -0.4 is 10.5 Å². The van der Waals surface area contributed by atoms with Crippen molar-refractivity contribution in [2.45, 2.75) is 0 Å². The maximum atomic E-state index is 5.90. The third kappa shape index (κ3) is 1.91. The van der Waals surface area contributed by atoms with E-state index in [4.69, 9.17) is 15.0 Å². The van der Waals surface area contributed by atoms with Gasteiger partial charge in [-0.15, -0.1) is 0 Å². The highest BCUT2D eigenvalue weighted by Crippen LogP contribution is 2.35. The van der Waals surface area contributed by atoms with Gasteiger partial charge in [0.25, 0.3) is 0 Å². The van der Waals surface area contributed by atoms with Crippen LogP contribution in [-0.4, -0.2) is 21.8 Å². The van der Waals surface area contributed by atoms with Gasteiger partial charge in [0.2, 0.25) is 5.88 Å². The summed E-state index contributed by atoms with van der Waals surface area (Å²) in [7, 11) is 3.52. The lowest BCUT2D eigenvalue weighted by atomic mass is 10.1. The second-order valence-electron chi connectivity index (χ2n) is 4.36. The molecule has 0 aliphatic heterocycles. The first-order chi connectivity index (χ1) is 9.70. The lowest BCUT2D eigenvalue weighted by molar-refractivity contribution is 0.415. The summed E-state index contributed by atoms with van der Waals surface area (Å²) in [5.74, 6) is 1.76. The van der Waals surface area contributed by atoms with E-state index in [0.29, 0.717) is 11.5 Å². The number of ether oxygens (including phenoxy) is 1. The van der Waals surface area contributed by atoms with Gasteiger partial charge in [-0.05, 0) is 17.7 Å². The Hall–Kier alpha value is -2.76. The number of aryl methyl sites for hydroxylation is 1. The Morgan fingerprint density at radius 1 is 1.25 bits per heavy atom. The molecule has 6 nitrogen and oxygen atoms in total. The SMILES string of the molecule is COc1ccc(-c2c(-c3nccn3C)noc2N)cc1. The highest BCUT2D eigenvalue weighted by Gasteiger charge is 2.20. The molecule has 0 atom stereocenters. The highest BCUT2D eigenvalue weighted by molar-refractivity contribution is 5.85. The van der Waals surface area contributed by atoms with Crippen molar-refractivity contribution in [1.29, 1.82) is 0 Å². The van der Waals surface area contributed by atoms with Gasteiger partial charge in [0.1, 0.15) is 5.75 Å². The van der Waals surface area contributed by atoms with E-state index in [1.54, 1.807) is 13.3 Å². The van der Waals surface area contributed by atoms with Crippen molar-refractivity contribution >= 4 is 5.88 Å². The smallest absolute Gasteiger partial charge is 0.230 e. The molecule has 0 saturated heterocycles. The van der Waals surface area contributed by atoms with Crippen molar-refractivity contribution in [2.24, 2.45) is 7.05 Å². The lowest BCUT2D eigenvalue weighted by Crippen LogP contribution is -1.94. The lowest BCUT2D eigenvalue weighted by Gasteiger charge is -2.04. The van der Waals surface area contributed by atoms with Crippen molar-refractivity contribution in [2.75, 3.05) is 12.8 Å². The molecule has 1 aromatic carbocycles. The number of imidazole rings is 1. The number of hydrogen-bond donors (Lipinski definition) is 1. The van der Waals surface area contributed by atoms with E-state index in [-0.39, 0.29) is 5.88 Å². The molecule has 2 heterocycles. The van der Waals surface area contributed by atoms with E-state index in [1.807, 2.05) is 42.1 Å². The van der Waals surface area contributed by atoms with Crippen LogP contribution in [0.2, 0.25) is 0 Å². The van der Waals surface area contributed by atoms with Gasteiger partial charge in [-0.2, -0.15) is 0 Å². The number of nitrogens with two attached hydrogens (primary N) is 1. The molecule has 0 unspecified atom stereocenters. The number of methoxy groups -OCH3 is 1. The zero-order chi connectivity index (χ0) is 14.1. The van der Waals surface area contributed by atoms with Gasteiger partial charge < -0.3 is 19.6 Å². The van der Waals surface area contributed by atoms with Gasteiger partial charge in [-0.3, -0.25) is 0 Å². The molecule has 3 aromatic rings. The number of aromatic nitrogens is 3. The van der Waals surface area contributed by atoms with Gasteiger partial charge in [0, 0.05) is 19.4 Å². The Labute approximate surface area is 115 Å². The summed E-state index contributed by atoms with van der Waals surface area (Å²) in [6.07, 6.45) is 3.55. The number of rotatable bonds is 3. The molecule has 0 fully saturated rings. The van der Waals surface area contributed by atoms with E-state index >= 15 is 0 Å². The van der Waals surface area contributed by atoms with Crippen LogP contribution in [-0.2, 0) is 7.05 Å². The zero-order valence-corrected chi connectivity index (χ0v) is 11.2. The van der Waals surface area contributed by atoms with Crippen LogP contribution in [0.5, 0.6) is 5.75 Å². The minimum atomic E-state index is 0.271. The minimum absolute atomic E-state index is 0.271. The predicted molar refractivity (Wildman–Crippen MR) is 75.1 cm³/mol. The Bertz CT molecular complexity index is 728. The van der Waals surface area contributed by atoms with Gasteiger partial charge in [-0.25, -0.2) is 4.98 Å². The topological polar surface area (TPSA) is 79.1 Å². The molecule has 0 aliphatic carbocycles. The second kappa shape index (κ2) is 4.73. The van der Waals surface area contributed by atoms with Gasteiger partial charge in [0.05, 0.1) is 12.7 Å². The summed E-state index contributed by atoms with van der Waals surface area (Å²) in [6, 6.07) is 7.55. The third-order valence-electron chi connectivity index (χ3n) is 3.13. The maximum Gasteiger partial charge on any atom is 0.230 e. The average molecular weight is 270 g/mol. The van der Waals surface area contributed by atoms with Crippen LogP contribution in [0.3, 0.4) is 0 Å². The number of nitrogen functional groups attached to an aromatic ring is 1. The normalized spacial score (nSPS) is 10.7. The molecule has 2 aromatic heterocycles. The number of benzene rings is 1. The summed E-state index contributed by atoms with van der Waals surface area (Å²) in [6.45, 7) is 0. The van der Waals surface area contributed by atoms with E-state index in [1.165, 1.54) is 0 Å². The second-order valence-corrected chi connectivity index (χ2v) is 4.36. The fourth-order valence-electron chi connectivity index (χ4n) is 2.09. The fraction of sp³-hybridized carbons (Fsp3) is 0.143. The minimum Gasteiger partial charge on any atom is -0.497 e. The Morgan fingerprint density at radius 3 is 2.60 bits per heavy atom. The van der Waals surface area contributed by atoms with Crippen molar-refractivity contribution in [3.63, 3.8) is 0 Å². The molecule has 0 radical (unpaired) electrons. The first-order valence-corrected chi connectivity index (χ1v) is 6.08. The van der Waals surface area contributed by atoms with E-state index in [9.17, 15) is 0 Å². The Balaban J connectivity index is 2.13. The third-order valence-corrected chi connectivity index (χ3v) is 3.13. The first kappa shape index (κ1) is 12.3. The van der Waals surface area contributed by atoms with Gasteiger partial charge in [-0.1, -0.05) is 17.3 Å². The Morgan fingerprint density at radius 2 is 2.00 bits per heavy atom. The largest absolute Gasteiger partial charge is 0.497 e. The quantitative estimate of drug-likeness (QED) is 0.790. The molecule has 0 amide bonds. The van der Waals surface area contributed by atoms with Crippen molar-refractivity contribution < 1.29 is 9.26 Å². The van der Waals surface area contributed by atoms with Crippen molar-refractivity contribution in [3.8, 4) is 28.4 Å². The van der Waals surface area contributed by atoms with Gasteiger partial charge >= 0.3 is 0 Å². The molecular formula is C14H14N4O2. The van der Waals surface area contributed by atoms with Crippen molar-refractivity contribution in [1.82, 2.24) is 14.7 Å². The zero-order valence-electron chi connectivity index (χ0n) is 11.2. The van der Waals surface area contributed by atoms with Gasteiger partial charge in [0.15, 0.2) is 11.5 Å². The molecular weight excluding hydrogens is 256 g/mol. The number of nitrogens with zero attached hydrogens (tertiary/aromatic N) is 3. The van der Waals surface area contributed by atoms with Crippen LogP contribution >= 0.6 is 0 Å². The molecule has 0 spiro atoms. The average Bonchev–Trinajstić information content (AvgIpc) is 3.05. The maximum absolute atomic E-state index is 5.90. The van der Waals surface area contributed by atoms with Crippen LogP contribution in [0, 0.1) is 0 Å². The van der Waals surface area contributed by atoms with Crippen LogP contribution in [0.15, 0.2) is 41.2 Å². The summed E-state index contributed by atoms with van der Waals surface area (Å²) < 4.78 is 12.1. The molecule has 20 heavy (non-hydrogen) atoms. The fourth-order valence-corrected chi connectivity index (χ4v) is 2.09. The molecule has 2 N–H and O–H groups in total. The molecule has 0 aliphatic rings. The number of hydrogen-bond acceptors (Lipinski definition) is 5. The monoisotopic (exact) mass is 270 g/mol. The molecule has 3 rings (SSSR count). The highest BCUT2D eigenvalue weighted by atomic mass is 16.5. The summed E-state index contributed by atoms with van der Waals surface area (Å²) in [4.78, 5) is 4.28. The molecule has 0 saturated carbocycles. The molecule has 102 valence electrons. The van der Waals surface area contributed by atoms with E-state index in [2.05, 4.69) is 10.1 Å². The van der Waals surface area contributed by atoms with Crippen LogP contribution in [0.1, 0.15) is 0 Å². The van der Waals surface area contributed by atoms with E-state index in [0.717, 1.165) is 16.9 Å². The standard InChI is InChI=1S/C14H14N4O2/c1-18-8-7-16-14(18)12-11(13(15)20-17-12)9-3-5-10(19-2)6-4-9/h3-8H,15H2,1-2H3. The Kier molecular flexibility index (Phi) is 2.90. The molecule has 6 heteroatoms. The summed E-state index contributed by atoms with van der Waals surface area (Å²) in [5.41, 5.74) is 8.17. The first-order valence-electron chi connectivity index (χ1n) is 6.08. The summed E-state index contributed by atoms with van der Waals surface area (Å²) >= 11 is 0.